The molecule has 0 spiro atoms. The number of para-hydroxylation sites is 1. The average Bonchev–Trinajstić information content (AvgIpc) is 3.33. The molecule has 0 aliphatic heterocycles. The first-order valence-corrected chi connectivity index (χ1v) is 10.5. The molecule has 0 N–H and O–H groups in total. The second-order valence-corrected chi connectivity index (χ2v) is 8.90. The molecular weight excluding hydrogens is 400 g/mol. The van der Waals surface area contributed by atoms with Crippen LogP contribution in [-0.4, -0.2) is 27.2 Å². The smallest absolute Gasteiger partial charge is 0.270 e. The number of aromatic nitrogens is 3. The van der Waals surface area contributed by atoms with Crippen molar-refractivity contribution in [2.75, 3.05) is 11.4 Å². The first-order chi connectivity index (χ1) is 13.0. The van der Waals surface area contributed by atoms with Crippen LogP contribution >= 0.6 is 34.3 Å². The van der Waals surface area contributed by atoms with Gasteiger partial charge in [-0.3, -0.25) is 14.4 Å². The van der Waals surface area contributed by atoms with Gasteiger partial charge < -0.3 is 0 Å². The Labute approximate surface area is 169 Å². The van der Waals surface area contributed by atoms with Crippen molar-refractivity contribution in [2.45, 2.75) is 20.4 Å². The van der Waals surface area contributed by atoms with Crippen molar-refractivity contribution in [3.8, 4) is 0 Å². The number of thiophene rings is 1. The summed E-state index contributed by atoms with van der Waals surface area (Å²) in [5, 5.41) is 5.19. The first-order valence-electron chi connectivity index (χ1n) is 8.45. The van der Waals surface area contributed by atoms with Crippen molar-refractivity contribution in [1.82, 2.24) is 14.8 Å². The highest BCUT2D eigenvalue weighted by molar-refractivity contribution is 7.22. The summed E-state index contributed by atoms with van der Waals surface area (Å²) < 4.78 is 3.58. The van der Waals surface area contributed by atoms with E-state index in [1.54, 1.807) is 17.0 Å². The van der Waals surface area contributed by atoms with Crippen molar-refractivity contribution < 1.29 is 4.79 Å². The van der Waals surface area contributed by atoms with Crippen LogP contribution in [0.15, 0.2) is 42.5 Å². The second-order valence-electron chi connectivity index (χ2n) is 6.17. The van der Waals surface area contributed by atoms with Gasteiger partial charge in [0.1, 0.15) is 0 Å². The molecule has 0 fully saturated rings. The molecule has 5 nitrogen and oxygen atoms in total. The van der Waals surface area contributed by atoms with Crippen LogP contribution in [0.4, 0.5) is 5.13 Å². The van der Waals surface area contributed by atoms with Crippen molar-refractivity contribution in [1.29, 1.82) is 0 Å². The minimum Gasteiger partial charge on any atom is -0.281 e. The zero-order valence-corrected chi connectivity index (χ0v) is 17.2. The van der Waals surface area contributed by atoms with Gasteiger partial charge in [-0.2, -0.15) is 5.10 Å². The minimum atomic E-state index is -0.0903. The Kier molecular flexibility index (Phi) is 4.99. The number of fused-ring (bicyclic) bond motifs is 1. The number of aryl methyl sites for hydroxylation is 2. The van der Waals surface area contributed by atoms with E-state index in [0.29, 0.717) is 27.4 Å². The van der Waals surface area contributed by atoms with Gasteiger partial charge in [-0.25, -0.2) is 4.98 Å². The quantitative estimate of drug-likeness (QED) is 0.451. The maximum atomic E-state index is 13.2. The van der Waals surface area contributed by atoms with E-state index in [1.165, 1.54) is 22.7 Å². The van der Waals surface area contributed by atoms with E-state index in [1.807, 2.05) is 48.9 Å². The fourth-order valence-electron chi connectivity index (χ4n) is 2.92. The molecule has 4 aromatic rings. The summed E-state index contributed by atoms with van der Waals surface area (Å²) in [6.07, 6.45) is 0. The SMILES string of the molecule is Cc1cc(C)n(CCN(C(=O)c2ccc(Cl)s2)c2nc3ccccc3s2)n1. The zero-order chi connectivity index (χ0) is 19.0. The van der Waals surface area contributed by atoms with E-state index in [-0.39, 0.29) is 5.91 Å². The molecule has 27 heavy (non-hydrogen) atoms. The fraction of sp³-hybridized carbons (Fsp3) is 0.211. The first kappa shape index (κ1) is 18.2. The number of hydrogen-bond donors (Lipinski definition) is 0. The normalized spacial score (nSPS) is 11.2. The molecule has 0 radical (unpaired) electrons. The molecule has 0 saturated heterocycles. The van der Waals surface area contributed by atoms with Crippen LogP contribution in [-0.2, 0) is 6.54 Å². The van der Waals surface area contributed by atoms with Crippen molar-refractivity contribution >= 4 is 55.5 Å². The zero-order valence-electron chi connectivity index (χ0n) is 14.8. The van der Waals surface area contributed by atoms with Crippen LogP contribution < -0.4 is 4.90 Å². The largest absolute Gasteiger partial charge is 0.281 e. The number of benzene rings is 1. The van der Waals surface area contributed by atoms with E-state index in [2.05, 4.69) is 10.1 Å². The van der Waals surface area contributed by atoms with Crippen LogP contribution in [0.2, 0.25) is 4.34 Å². The van der Waals surface area contributed by atoms with Gasteiger partial charge in [0.2, 0.25) is 0 Å². The number of halogens is 1. The molecule has 0 bridgehead atoms. The Morgan fingerprint density at radius 1 is 1.19 bits per heavy atom. The lowest BCUT2D eigenvalue weighted by Gasteiger charge is -2.19. The van der Waals surface area contributed by atoms with Gasteiger partial charge in [0.15, 0.2) is 5.13 Å². The monoisotopic (exact) mass is 416 g/mol. The highest BCUT2D eigenvalue weighted by atomic mass is 35.5. The molecule has 3 aromatic heterocycles. The number of nitrogens with zero attached hydrogens (tertiary/aromatic N) is 4. The van der Waals surface area contributed by atoms with Gasteiger partial charge in [-0.1, -0.05) is 35.1 Å². The third-order valence-electron chi connectivity index (χ3n) is 4.18. The Morgan fingerprint density at radius 3 is 2.67 bits per heavy atom. The molecule has 0 unspecified atom stereocenters. The van der Waals surface area contributed by atoms with Gasteiger partial charge >= 0.3 is 0 Å². The topological polar surface area (TPSA) is 51.0 Å². The van der Waals surface area contributed by atoms with Gasteiger partial charge in [0, 0.05) is 12.2 Å². The Morgan fingerprint density at radius 2 is 2.00 bits per heavy atom. The molecular formula is C19H17ClN4OS2. The molecule has 0 saturated carbocycles. The highest BCUT2D eigenvalue weighted by Crippen LogP contribution is 2.31. The van der Waals surface area contributed by atoms with E-state index < -0.39 is 0 Å². The van der Waals surface area contributed by atoms with Gasteiger partial charge in [-0.15, -0.1) is 11.3 Å². The Balaban J connectivity index is 1.67. The summed E-state index contributed by atoms with van der Waals surface area (Å²) in [6.45, 7) is 5.06. The highest BCUT2D eigenvalue weighted by Gasteiger charge is 2.23. The maximum Gasteiger partial charge on any atom is 0.270 e. The lowest BCUT2D eigenvalue weighted by molar-refractivity contribution is 0.0989. The molecule has 8 heteroatoms. The number of hydrogen-bond acceptors (Lipinski definition) is 5. The molecule has 0 atom stereocenters. The molecule has 138 valence electrons. The molecule has 1 amide bonds. The predicted octanol–water partition coefficient (Wildman–Crippen LogP) is 5.17. The van der Waals surface area contributed by atoms with Crippen LogP contribution in [0, 0.1) is 13.8 Å². The number of rotatable bonds is 5. The number of thiazole rings is 1. The number of carbonyl (C=O) groups is 1. The van der Waals surface area contributed by atoms with E-state index in [4.69, 9.17) is 11.6 Å². The summed E-state index contributed by atoms with van der Waals surface area (Å²) in [7, 11) is 0. The summed E-state index contributed by atoms with van der Waals surface area (Å²) in [5.41, 5.74) is 2.93. The van der Waals surface area contributed by atoms with Crippen molar-refractivity contribution in [3.05, 3.63) is 63.1 Å². The van der Waals surface area contributed by atoms with Crippen LogP contribution in [0.5, 0.6) is 0 Å². The van der Waals surface area contributed by atoms with Crippen molar-refractivity contribution in [2.24, 2.45) is 0 Å². The van der Waals surface area contributed by atoms with Crippen LogP contribution in [0.1, 0.15) is 21.1 Å². The lowest BCUT2D eigenvalue weighted by atomic mass is 10.3. The third kappa shape index (κ3) is 3.76. The van der Waals surface area contributed by atoms with Crippen LogP contribution in [0.25, 0.3) is 10.2 Å². The molecule has 3 heterocycles. The predicted molar refractivity (Wildman–Crippen MR) is 112 cm³/mol. The summed E-state index contributed by atoms with van der Waals surface area (Å²) in [4.78, 5) is 20.2. The minimum absolute atomic E-state index is 0.0903. The number of anilines is 1. The van der Waals surface area contributed by atoms with E-state index in [0.717, 1.165) is 21.6 Å². The lowest BCUT2D eigenvalue weighted by Crippen LogP contribution is -2.33. The van der Waals surface area contributed by atoms with Crippen molar-refractivity contribution in [3.63, 3.8) is 0 Å². The average molecular weight is 417 g/mol. The molecule has 4 rings (SSSR count). The molecule has 0 aliphatic rings. The van der Waals surface area contributed by atoms with Gasteiger partial charge in [0.25, 0.3) is 5.91 Å². The van der Waals surface area contributed by atoms with E-state index >= 15 is 0 Å². The fourth-order valence-corrected chi connectivity index (χ4v) is 4.90. The maximum absolute atomic E-state index is 13.2. The number of carbonyl (C=O) groups excluding carboxylic acids is 1. The Hall–Kier alpha value is -2.22. The Bertz CT molecular complexity index is 1080. The van der Waals surface area contributed by atoms with Gasteiger partial charge in [0.05, 0.1) is 31.7 Å². The summed E-state index contributed by atoms with van der Waals surface area (Å²) >= 11 is 8.84. The number of amides is 1. The third-order valence-corrected chi connectivity index (χ3v) is 6.46. The van der Waals surface area contributed by atoms with Crippen LogP contribution in [0.3, 0.4) is 0 Å². The molecule has 0 aliphatic carbocycles. The summed E-state index contributed by atoms with van der Waals surface area (Å²) in [6, 6.07) is 13.4. The second kappa shape index (κ2) is 7.42. The molecule has 1 aromatic carbocycles. The summed E-state index contributed by atoms with van der Waals surface area (Å²) in [5.74, 6) is -0.0903. The standard InChI is InChI=1S/C19H17ClN4OS2/c1-12-11-13(2)24(22-12)10-9-23(18(25)16-7-8-17(20)26-16)19-21-14-5-3-4-6-15(14)27-19/h3-8,11H,9-10H2,1-2H3. The van der Waals surface area contributed by atoms with E-state index in [9.17, 15) is 4.79 Å². The van der Waals surface area contributed by atoms with Gasteiger partial charge in [-0.05, 0) is 44.2 Å².